The lowest BCUT2D eigenvalue weighted by Crippen LogP contribution is -2.30. The number of hydrogen-bond acceptors (Lipinski definition) is 6. The van der Waals surface area contributed by atoms with Crippen LogP contribution >= 0.6 is 0 Å². The normalized spacial score (nSPS) is 11.9. The van der Waals surface area contributed by atoms with Crippen molar-refractivity contribution in [3.8, 4) is 0 Å². The van der Waals surface area contributed by atoms with Gasteiger partial charge in [-0.05, 0) is 25.2 Å². The summed E-state index contributed by atoms with van der Waals surface area (Å²) in [4.78, 5) is 37.5. The van der Waals surface area contributed by atoms with Crippen LogP contribution in [0.15, 0.2) is 0 Å². The molecule has 1 atom stereocenters. The molecule has 0 aromatic heterocycles. The van der Waals surface area contributed by atoms with Crippen molar-refractivity contribution < 1.29 is 28.6 Å². The Balaban J connectivity index is 4.26. The first-order valence-electron chi connectivity index (χ1n) is 22.4. The van der Waals surface area contributed by atoms with Gasteiger partial charge in [-0.25, -0.2) is 0 Å². The predicted octanol–water partition coefficient (Wildman–Crippen LogP) is 13.9. The lowest BCUT2D eigenvalue weighted by Gasteiger charge is -2.18. The molecule has 0 radical (unpaired) electrons. The minimum atomic E-state index is -0.758. The second kappa shape index (κ2) is 39.6. The van der Waals surface area contributed by atoms with Gasteiger partial charge in [0.15, 0.2) is 6.10 Å². The number of unbranched alkanes of at least 4 members (excludes halogenated alkanes) is 27. The third-order valence-corrected chi connectivity index (χ3v) is 10.0. The van der Waals surface area contributed by atoms with E-state index in [1.54, 1.807) is 0 Å². The maximum absolute atomic E-state index is 12.7. The minimum absolute atomic E-state index is 0.0650. The monoisotopic (exact) mass is 723 g/mol. The molecule has 0 bridgehead atoms. The zero-order valence-corrected chi connectivity index (χ0v) is 34.6. The van der Waals surface area contributed by atoms with Crippen molar-refractivity contribution in [3.63, 3.8) is 0 Å². The summed E-state index contributed by atoms with van der Waals surface area (Å²) >= 11 is 0. The summed E-state index contributed by atoms with van der Waals surface area (Å²) in [7, 11) is 0. The van der Waals surface area contributed by atoms with E-state index in [0.29, 0.717) is 19.3 Å². The molecule has 0 unspecified atom stereocenters. The van der Waals surface area contributed by atoms with Crippen LogP contribution in [0.2, 0.25) is 0 Å². The average Bonchev–Trinajstić information content (AvgIpc) is 3.11. The van der Waals surface area contributed by atoms with Crippen molar-refractivity contribution in [1.29, 1.82) is 0 Å². The number of carbonyl (C=O) groups excluding carboxylic acids is 3. The molecule has 0 aromatic carbocycles. The largest absolute Gasteiger partial charge is 0.462 e. The molecule has 0 aliphatic carbocycles. The third kappa shape index (κ3) is 39.5. The molecule has 0 heterocycles. The quantitative estimate of drug-likeness (QED) is 0.0356. The molecule has 0 fully saturated rings. The van der Waals surface area contributed by atoms with Gasteiger partial charge >= 0.3 is 17.9 Å². The van der Waals surface area contributed by atoms with Crippen molar-refractivity contribution in [2.75, 3.05) is 13.2 Å². The van der Waals surface area contributed by atoms with Crippen molar-refractivity contribution in [2.24, 2.45) is 5.92 Å². The van der Waals surface area contributed by atoms with E-state index in [1.165, 1.54) is 141 Å². The minimum Gasteiger partial charge on any atom is -0.462 e. The van der Waals surface area contributed by atoms with E-state index >= 15 is 0 Å². The molecule has 0 N–H and O–H groups in total. The molecule has 0 saturated heterocycles. The van der Waals surface area contributed by atoms with Gasteiger partial charge in [-0.1, -0.05) is 207 Å². The summed E-state index contributed by atoms with van der Waals surface area (Å²) in [6, 6.07) is 0. The molecule has 0 rings (SSSR count). The number of rotatable bonds is 40. The highest BCUT2D eigenvalue weighted by molar-refractivity contribution is 5.71. The molecular formula is C45H86O6. The van der Waals surface area contributed by atoms with E-state index in [1.807, 2.05) is 0 Å². The fourth-order valence-corrected chi connectivity index (χ4v) is 6.63. The van der Waals surface area contributed by atoms with Crippen LogP contribution in [-0.4, -0.2) is 37.2 Å². The van der Waals surface area contributed by atoms with Crippen LogP contribution in [0, 0.1) is 5.92 Å². The second-order valence-electron chi connectivity index (χ2n) is 15.8. The summed E-state index contributed by atoms with van der Waals surface area (Å²) in [5.74, 6) is -0.0663. The molecule has 51 heavy (non-hydrogen) atoms. The van der Waals surface area contributed by atoms with Gasteiger partial charge in [0.2, 0.25) is 0 Å². The number of carbonyl (C=O) groups is 3. The van der Waals surface area contributed by atoms with Crippen LogP contribution in [0.3, 0.4) is 0 Å². The molecule has 0 amide bonds. The lowest BCUT2D eigenvalue weighted by molar-refractivity contribution is -0.167. The Morgan fingerprint density at radius 1 is 0.373 bits per heavy atom. The Hall–Kier alpha value is -1.59. The van der Waals surface area contributed by atoms with Crippen molar-refractivity contribution >= 4 is 17.9 Å². The molecular weight excluding hydrogens is 636 g/mol. The van der Waals surface area contributed by atoms with Crippen LogP contribution < -0.4 is 0 Å². The van der Waals surface area contributed by atoms with Gasteiger partial charge in [0.25, 0.3) is 0 Å². The SMILES string of the molecule is CCCCCCCCCCCCCCCCCC(=O)O[C@H](COC(=O)CCCCCCCCC)COC(=O)CCCCCCCCCCC(C)C. The van der Waals surface area contributed by atoms with Crippen LogP contribution in [0.4, 0.5) is 0 Å². The van der Waals surface area contributed by atoms with Gasteiger partial charge in [-0.3, -0.25) is 14.4 Å². The highest BCUT2D eigenvalue weighted by atomic mass is 16.6. The summed E-state index contributed by atoms with van der Waals surface area (Å²) in [5.41, 5.74) is 0. The van der Waals surface area contributed by atoms with E-state index in [9.17, 15) is 14.4 Å². The zero-order chi connectivity index (χ0) is 37.5. The molecule has 0 aromatic rings. The van der Waals surface area contributed by atoms with Gasteiger partial charge < -0.3 is 14.2 Å². The van der Waals surface area contributed by atoms with Gasteiger partial charge in [-0.15, -0.1) is 0 Å². The Kier molecular flexibility index (Phi) is 38.4. The fourth-order valence-electron chi connectivity index (χ4n) is 6.63. The topological polar surface area (TPSA) is 78.9 Å². The number of hydrogen-bond donors (Lipinski definition) is 0. The smallest absolute Gasteiger partial charge is 0.306 e. The lowest BCUT2D eigenvalue weighted by atomic mass is 10.0. The highest BCUT2D eigenvalue weighted by Gasteiger charge is 2.19. The van der Waals surface area contributed by atoms with E-state index in [0.717, 1.165) is 63.7 Å². The van der Waals surface area contributed by atoms with E-state index in [4.69, 9.17) is 14.2 Å². The first-order chi connectivity index (χ1) is 24.9. The Bertz CT molecular complexity index is 766. The first-order valence-corrected chi connectivity index (χ1v) is 22.4. The van der Waals surface area contributed by atoms with Gasteiger partial charge in [-0.2, -0.15) is 0 Å². The number of esters is 3. The third-order valence-electron chi connectivity index (χ3n) is 10.0. The molecule has 0 spiro atoms. The molecule has 6 heteroatoms. The predicted molar refractivity (Wildman–Crippen MR) is 215 cm³/mol. The van der Waals surface area contributed by atoms with Crippen LogP contribution in [0.5, 0.6) is 0 Å². The Morgan fingerprint density at radius 2 is 0.647 bits per heavy atom. The zero-order valence-electron chi connectivity index (χ0n) is 34.6. The average molecular weight is 723 g/mol. The molecule has 0 saturated carbocycles. The van der Waals surface area contributed by atoms with E-state index in [2.05, 4.69) is 27.7 Å². The Morgan fingerprint density at radius 3 is 0.961 bits per heavy atom. The second-order valence-corrected chi connectivity index (χ2v) is 15.8. The van der Waals surface area contributed by atoms with Gasteiger partial charge in [0.05, 0.1) is 0 Å². The van der Waals surface area contributed by atoms with E-state index < -0.39 is 6.10 Å². The molecule has 0 aliphatic rings. The summed E-state index contributed by atoms with van der Waals surface area (Å²) in [6.45, 7) is 8.92. The van der Waals surface area contributed by atoms with Crippen molar-refractivity contribution in [2.45, 2.75) is 252 Å². The summed E-state index contributed by atoms with van der Waals surface area (Å²) in [6.07, 6.45) is 38.1. The summed E-state index contributed by atoms with van der Waals surface area (Å²) < 4.78 is 16.6. The van der Waals surface area contributed by atoms with Gasteiger partial charge in [0, 0.05) is 19.3 Å². The van der Waals surface area contributed by atoms with Crippen LogP contribution in [-0.2, 0) is 28.6 Å². The maximum Gasteiger partial charge on any atom is 0.306 e. The van der Waals surface area contributed by atoms with Crippen LogP contribution in [0.1, 0.15) is 246 Å². The maximum atomic E-state index is 12.7. The van der Waals surface area contributed by atoms with Gasteiger partial charge in [0.1, 0.15) is 13.2 Å². The first kappa shape index (κ1) is 49.4. The molecule has 0 aliphatic heterocycles. The van der Waals surface area contributed by atoms with E-state index in [-0.39, 0.29) is 31.1 Å². The molecule has 6 nitrogen and oxygen atoms in total. The molecule has 302 valence electrons. The van der Waals surface area contributed by atoms with Crippen molar-refractivity contribution in [1.82, 2.24) is 0 Å². The van der Waals surface area contributed by atoms with Crippen LogP contribution in [0.25, 0.3) is 0 Å². The Labute approximate surface area is 317 Å². The standard InChI is InChI=1S/C45H86O6/c1-5-7-9-11-13-14-15-16-17-18-19-20-26-30-34-38-45(48)51-42(39-49-43(46)36-32-28-23-12-10-8-6-2)40-50-44(47)37-33-29-25-22-21-24-27-31-35-41(3)4/h41-42H,5-40H2,1-4H3/t42-/m1/s1. The number of ether oxygens (including phenoxy) is 3. The fraction of sp³-hybridized carbons (Fsp3) is 0.933. The van der Waals surface area contributed by atoms with Crippen molar-refractivity contribution in [3.05, 3.63) is 0 Å². The summed E-state index contributed by atoms with van der Waals surface area (Å²) in [5, 5.41) is 0. The highest BCUT2D eigenvalue weighted by Crippen LogP contribution is 2.16.